The highest BCUT2D eigenvalue weighted by atomic mass is 19.1. The number of nitrogens with one attached hydrogen (secondary N) is 2. The van der Waals surface area contributed by atoms with Crippen LogP contribution in [0.15, 0.2) is 67.1 Å². The first-order valence-electron chi connectivity index (χ1n) is 8.12. The number of carbonyl (C=O) groups excluding carboxylic acids is 1. The molecule has 6 heteroatoms. The predicted octanol–water partition coefficient (Wildman–Crippen LogP) is 3.69. The van der Waals surface area contributed by atoms with Crippen molar-refractivity contribution in [1.29, 1.82) is 0 Å². The highest BCUT2D eigenvalue weighted by Gasteiger charge is 2.08. The van der Waals surface area contributed by atoms with Crippen molar-refractivity contribution < 1.29 is 9.18 Å². The van der Waals surface area contributed by atoms with E-state index in [2.05, 4.69) is 20.3 Å². The van der Waals surface area contributed by atoms with Crippen molar-refractivity contribution in [2.75, 3.05) is 0 Å². The molecular weight excluding hydrogens is 331 g/mol. The number of hydrogen-bond donors (Lipinski definition) is 2. The third-order valence-electron chi connectivity index (χ3n) is 4.14. The van der Waals surface area contributed by atoms with Crippen LogP contribution in [0.5, 0.6) is 0 Å². The van der Waals surface area contributed by atoms with Gasteiger partial charge in [-0.2, -0.15) is 0 Å². The summed E-state index contributed by atoms with van der Waals surface area (Å²) in [4.78, 5) is 23.7. The van der Waals surface area contributed by atoms with Gasteiger partial charge in [0.05, 0.1) is 5.69 Å². The number of H-pyrrole nitrogens is 1. The van der Waals surface area contributed by atoms with Crippen LogP contribution >= 0.6 is 0 Å². The normalized spacial score (nSPS) is 10.8. The van der Waals surface area contributed by atoms with Gasteiger partial charge in [0.1, 0.15) is 17.8 Å². The summed E-state index contributed by atoms with van der Waals surface area (Å²) in [6.07, 6.45) is 3.37. The summed E-state index contributed by atoms with van der Waals surface area (Å²) >= 11 is 0. The molecule has 2 aromatic carbocycles. The minimum Gasteiger partial charge on any atom is -0.348 e. The lowest BCUT2D eigenvalue weighted by Gasteiger charge is -2.07. The van der Waals surface area contributed by atoms with Crippen LogP contribution in [0.2, 0.25) is 0 Å². The molecule has 0 radical (unpaired) electrons. The van der Waals surface area contributed by atoms with Gasteiger partial charge in [0, 0.05) is 29.3 Å². The molecule has 2 heterocycles. The summed E-state index contributed by atoms with van der Waals surface area (Å²) in [7, 11) is 0. The van der Waals surface area contributed by atoms with Gasteiger partial charge in [0.2, 0.25) is 0 Å². The second kappa shape index (κ2) is 6.76. The lowest BCUT2D eigenvalue weighted by molar-refractivity contribution is 0.0951. The largest absolute Gasteiger partial charge is 0.348 e. The SMILES string of the molecule is O=C(NCc1ccc(-c2ncnc3[nH]ccc23)cc1)c1ccc(F)cc1. The van der Waals surface area contributed by atoms with Gasteiger partial charge in [-0.3, -0.25) is 4.79 Å². The van der Waals surface area contributed by atoms with E-state index in [1.54, 1.807) is 0 Å². The number of carbonyl (C=O) groups is 1. The molecule has 1 amide bonds. The summed E-state index contributed by atoms with van der Waals surface area (Å²) in [5.41, 5.74) is 4.02. The molecule has 0 unspecified atom stereocenters. The third-order valence-corrected chi connectivity index (χ3v) is 4.14. The average Bonchev–Trinajstić information content (AvgIpc) is 3.16. The Morgan fingerprint density at radius 1 is 1.00 bits per heavy atom. The van der Waals surface area contributed by atoms with Crippen LogP contribution in [0.1, 0.15) is 15.9 Å². The zero-order valence-electron chi connectivity index (χ0n) is 13.7. The van der Waals surface area contributed by atoms with Crippen LogP contribution < -0.4 is 5.32 Å². The lowest BCUT2D eigenvalue weighted by atomic mass is 10.1. The quantitative estimate of drug-likeness (QED) is 0.592. The maximum atomic E-state index is 12.9. The van der Waals surface area contributed by atoms with Gasteiger partial charge in [0.25, 0.3) is 5.91 Å². The molecule has 0 atom stereocenters. The van der Waals surface area contributed by atoms with E-state index in [0.717, 1.165) is 27.9 Å². The summed E-state index contributed by atoms with van der Waals surface area (Å²) in [6.45, 7) is 0.389. The van der Waals surface area contributed by atoms with Crippen LogP contribution in [0.4, 0.5) is 4.39 Å². The monoisotopic (exact) mass is 346 g/mol. The second-order valence-electron chi connectivity index (χ2n) is 5.85. The molecule has 0 fully saturated rings. The smallest absolute Gasteiger partial charge is 0.251 e. The maximum Gasteiger partial charge on any atom is 0.251 e. The molecule has 0 saturated heterocycles. The van der Waals surface area contributed by atoms with Crippen molar-refractivity contribution in [3.63, 3.8) is 0 Å². The summed E-state index contributed by atoms with van der Waals surface area (Å²) in [6, 6.07) is 15.2. The maximum absolute atomic E-state index is 12.9. The predicted molar refractivity (Wildman–Crippen MR) is 96.9 cm³/mol. The minimum atomic E-state index is -0.363. The Morgan fingerprint density at radius 3 is 2.54 bits per heavy atom. The molecule has 128 valence electrons. The van der Waals surface area contributed by atoms with E-state index in [1.807, 2.05) is 36.5 Å². The number of rotatable bonds is 4. The van der Waals surface area contributed by atoms with E-state index in [-0.39, 0.29) is 11.7 Å². The number of nitrogens with zero attached hydrogens (tertiary/aromatic N) is 2. The van der Waals surface area contributed by atoms with Crippen LogP contribution in [0, 0.1) is 5.82 Å². The lowest BCUT2D eigenvalue weighted by Crippen LogP contribution is -2.22. The minimum absolute atomic E-state index is 0.237. The van der Waals surface area contributed by atoms with Crippen LogP contribution in [0.3, 0.4) is 0 Å². The van der Waals surface area contributed by atoms with Crippen molar-refractivity contribution in [1.82, 2.24) is 20.3 Å². The second-order valence-corrected chi connectivity index (χ2v) is 5.85. The highest BCUT2D eigenvalue weighted by molar-refractivity contribution is 5.94. The molecule has 4 aromatic rings. The van der Waals surface area contributed by atoms with Gasteiger partial charge >= 0.3 is 0 Å². The molecule has 0 aliphatic rings. The van der Waals surface area contributed by atoms with Crippen molar-refractivity contribution in [3.8, 4) is 11.3 Å². The average molecular weight is 346 g/mol. The van der Waals surface area contributed by atoms with Gasteiger partial charge in [0.15, 0.2) is 0 Å². The molecule has 0 bridgehead atoms. The van der Waals surface area contributed by atoms with E-state index < -0.39 is 0 Å². The molecule has 0 aliphatic heterocycles. The van der Waals surface area contributed by atoms with Crippen molar-refractivity contribution in [3.05, 3.63) is 84.1 Å². The standard InChI is InChI=1S/C20H15FN4O/c21-16-7-5-15(6-8-16)20(26)23-11-13-1-3-14(4-2-13)18-17-9-10-22-19(17)25-12-24-18/h1-10,12H,11H2,(H,23,26)(H,22,24,25). The Morgan fingerprint density at radius 2 is 1.77 bits per heavy atom. The number of benzene rings is 2. The first kappa shape index (κ1) is 16.0. The van der Waals surface area contributed by atoms with Crippen molar-refractivity contribution >= 4 is 16.9 Å². The van der Waals surface area contributed by atoms with E-state index >= 15 is 0 Å². The fraction of sp³-hybridized carbons (Fsp3) is 0.0500. The van der Waals surface area contributed by atoms with Crippen molar-refractivity contribution in [2.24, 2.45) is 0 Å². The molecular formula is C20H15FN4O. The Balaban J connectivity index is 1.47. The molecule has 0 aliphatic carbocycles. The molecule has 26 heavy (non-hydrogen) atoms. The number of aromatic nitrogens is 3. The van der Waals surface area contributed by atoms with Crippen LogP contribution in [-0.4, -0.2) is 20.9 Å². The Kier molecular flexibility index (Phi) is 4.15. The zero-order chi connectivity index (χ0) is 17.9. The van der Waals surface area contributed by atoms with E-state index in [9.17, 15) is 9.18 Å². The van der Waals surface area contributed by atoms with Gasteiger partial charge in [-0.05, 0) is 35.9 Å². The van der Waals surface area contributed by atoms with Crippen LogP contribution in [-0.2, 0) is 6.54 Å². The highest BCUT2D eigenvalue weighted by Crippen LogP contribution is 2.24. The molecule has 2 aromatic heterocycles. The molecule has 5 nitrogen and oxygen atoms in total. The van der Waals surface area contributed by atoms with Gasteiger partial charge in [-0.25, -0.2) is 14.4 Å². The Bertz CT molecular complexity index is 1060. The topological polar surface area (TPSA) is 70.7 Å². The van der Waals surface area contributed by atoms with Gasteiger partial charge < -0.3 is 10.3 Å². The summed E-state index contributed by atoms with van der Waals surface area (Å²) in [5.74, 6) is -0.600. The Hall–Kier alpha value is -3.54. The van der Waals surface area contributed by atoms with Crippen LogP contribution in [0.25, 0.3) is 22.3 Å². The van der Waals surface area contributed by atoms with E-state index in [4.69, 9.17) is 0 Å². The van der Waals surface area contributed by atoms with Crippen molar-refractivity contribution in [2.45, 2.75) is 6.54 Å². The molecule has 0 spiro atoms. The first-order chi connectivity index (χ1) is 12.7. The number of aromatic amines is 1. The van der Waals surface area contributed by atoms with E-state index in [1.165, 1.54) is 30.6 Å². The molecule has 4 rings (SSSR count). The summed E-state index contributed by atoms with van der Waals surface area (Å²) < 4.78 is 12.9. The Labute approximate surface area is 148 Å². The molecule has 0 saturated carbocycles. The molecule has 2 N–H and O–H groups in total. The van der Waals surface area contributed by atoms with Gasteiger partial charge in [-0.1, -0.05) is 24.3 Å². The fourth-order valence-electron chi connectivity index (χ4n) is 2.77. The van der Waals surface area contributed by atoms with Gasteiger partial charge in [-0.15, -0.1) is 0 Å². The third kappa shape index (κ3) is 3.17. The fourth-order valence-corrected chi connectivity index (χ4v) is 2.77. The number of hydrogen-bond acceptors (Lipinski definition) is 3. The summed E-state index contributed by atoms with van der Waals surface area (Å²) in [5, 5.41) is 3.79. The van der Waals surface area contributed by atoms with E-state index in [0.29, 0.717) is 12.1 Å². The first-order valence-corrected chi connectivity index (χ1v) is 8.12. The number of amides is 1. The number of fused-ring (bicyclic) bond motifs is 1. The zero-order valence-corrected chi connectivity index (χ0v) is 13.7. The number of halogens is 1.